The van der Waals surface area contributed by atoms with E-state index in [2.05, 4.69) is 5.32 Å². The van der Waals surface area contributed by atoms with E-state index < -0.39 is 0 Å². The van der Waals surface area contributed by atoms with E-state index in [0.29, 0.717) is 16.2 Å². The minimum atomic E-state index is -0.379. The summed E-state index contributed by atoms with van der Waals surface area (Å²) in [4.78, 5) is 23.8. The van der Waals surface area contributed by atoms with Crippen LogP contribution in [0.5, 0.6) is 0 Å². The van der Waals surface area contributed by atoms with Gasteiger partial charge in [0.15, 0.2) is 5.78 Å². The first-order valence-electron chi connectivity index (χ1n) is 6.83. The monoisotopic (exact) mass is 344 g/mol. The van der Waals surface area contributed by atoms with Crippen molar-refractivity contribution >= 4 is 46.1 Å². The van der Waals surface area contributed by atoms with Gasteiger partial charge in [-0.15, -0.1) is 11.3 Å². The number of nitrogens with one attached hydrogen (secondary N) is 1. The largest absolute Gasteiger partial charge is 0.347 e. The third-order valence-electron chi connectivity index (χ3n) is 3.54. The average Bonchev–Trinajstić information content (AvgIpc) is 3.06. The number of hydrogen-bond acceptors (Lipinski definition) is 5. The molecule has 1 saturated heterocycles. The Kier molecular flexibility index (Phi) is 4.06. The van der Waals surface area contributed by atoms with Gasteiger partial charge in [-0.05, 0) is 35.6 Å². The van der Waals surface area contributed by atoms with Gasteiger partial charge in [-0.25, -0.2) is 0 Å². The maximum absolute atomic E-state index is 11.7. The Morgan fingerprint density at radius 3 is 2.78 bits per heavy atom. The summed E-state index contributed by atoms with van der Waals surface area (Å²) in [5.41, 5.74) is 2.90. The maximum atomic E-state index is 11.7. The molecule has 2 heterocycles. The second-order valence-electron chi connectivity index (χ2n) is 5.20. The number of benzene rings is 1. The second-order valence-corrected chi connectivity index (χ2v) is 6.64. The number of thiophene rings is 1. The molecule has 7 heteroatoms. The summed E-state index contributed by atoms with van der Waals surface area (Å²) in [6.45, 7) is 1.71. The summed E-state index contributed by atoms with van der Waals surface area (Å²) in [6, 6.07) is 7.07. The third kappa shape index (κ3) is 3.20. The van der Waals surface area contributed by atoms with Crippen LogP contribution in [0.2, 0.25) is 0 Å². The Morgan fingerprint density at radius 2 is 2.13 bits per heavy atom. The van der Waals surface area contributed by atoms with E-state index in [4.69, 9.17) is 12.2 Å². The minimum Gasteiger partial charge on any atom is -0.347 e. The van der Waals surface area contributed by atoms with Crippen molar-refractivity contribution in [2.24, 2.45) is 0 Å². The fourth-order valence-corrected chi connectivity index (χ4v) is 3.42. The molecule has 1 aromatic heterocycles. The number of carbonyl (C=O) groups is 1. The summed E-state index contributed by atoms with van der Waals surface area (Å²) >= 11 is 6.46. The number of allylic oxidation sites excluding steroid dienone is 1. The van der Waals surface area contributed by atoms with Crippen LogP contribution in [-0.2, 0) is 4.79 Å². The molecule has 5 nitrogen and oxygen atoms in total. The molecule has 0 atom stereocenters. The van der Waals surface area contributed by atoms with E-state index in [0.717, 1.165) is 16.0 Å². The van der Waals surface area contributed by atoms with Crippen LogP contribution in [0.3, 0.4) is 0 Å². The van der Waals surface area contributed by atoms with Crippen molar-refractivity contribution in [2.75, 3.05) is 0 Å². The van der Waals surface area contributed by atoms with Gasteiger partial charge in [0, 0.05) is 16.5 Å². The third-order valence-corrected chi connectivity index (χ3v) is 4.67. The van der Waals surface area contributed by atoms with Crippen LogP contribution in [0, 0.1) is 17.0 Å². The van der Waals surface area contributed by atoms with Gasteiger partial charge in [0.2, 0.25) is 0 Å². The zero-order chi connectivity index (χ0) is 16.6. The fraction of sp³-hybridized carbons (Fsp3) is 0.125. The molecule has 0 bridgehead atoms. The number of rotatable bonds is 3. The zero-order valence-corrected chi connectivity index (χ0v) is 13.8. The zero-order valence-electron chi connectivity index (χ0n) is 12.2. The van der Waals surface area contributed by atoms with Gasteiger partial charge in [0.1, 0.15) is 0 Å². The number of nitro benzene ring substituents is 1. The van der Waals surface area contributed by atoms with Gasteiger partial charge in [0.05, 0.1) is 22.0 Å². The summed E-state index contributed by atoms with van der Waals surface area (Å²) in [5, 5.41) is 15.9. The number of nitro groups is 1. The lowest BCUT2D eigenvalue weighted by molar-refractivity contribution is -0.385. The normalized spacial score (nSPS) is 16.0. The topological polar surface area (TPSA) is 72.2 Å². The maximum Gasteiger partial charge on any atom is 0.272 e. The molecule has 0 saturated carbocycles. The van der Waals surface area contributed by atoms with Gasteiger partial charge in [-0.2, -0.15) is 0 Å². The SMILES string of the molecule is Cc1ccc(-c2csc(C=C3NC(=S)CC3=O)c2)cc1[N+](=O)[O-]. The van der Waals surface area contributed by atoms with Crippen LogP contribution < -0.4 is 5.32 Å². The molecule has 3 rings (SSSR count). The number of hydrogen-bond donors (Lipinski definition) is 1. The summed E-state index contributed by atoms with van der Waals surface area (Å²) < 4.78 is 0. The predicted molar refractivity (Wildman–Crippen MR) is 94.5 cm³/mol. The lowest BCUT2D eigenvalue weighted by Crippen LogP contribution is -2.10. The van der Waals surface area contributed by atoms with E-state index in [9.17, 15) is 14.9 Å². The molecule has 0 amide bonds. The number of thiocarbonyl (C=S) groups is 1. The first kappa shape index (κ1) is 15.5. The number of Topliss-reactive ketones (excluding diaryl/α,β-unsaturated/α-hetero) is 1. The first-order chi connectivity index (χ1) is 10.9. The van der Waals surface area contributed by atoms with E-state index in [1.165, 1.54) is 11.3 Å². The summed E-state index contributed by atoms with van der Waals surface area (Å²) in [7, 11) is 0. The molecule has 0 unspecified atom stereocenters. The van der Waals surface area contributed by atoms with Crippen LogP contribution in [0.1, 0.15) is 16.9 Å². The highest BCUT2D eigenvalue weighted by Gasteiger charge is 2.21. The minimum absolute atomic E-state index is 0.0177. The molecule has 0 aliphatic carbocycles. The molecule has 0 radical (unpaired) electrons. The number of ketones is 1. The number of carbonyl (C=O) groups excluding carboxylic acids is 1. The number of nitrogens with zero attached hydrogens (tertiary/aromatic N) is 1. The molecular formula is C16H12N2O3S2. The van der Waals surface area contributed by atoms with Crippen molar-refractivity contribution in [1.29, 1.82) is 0 Å². The highest BCUT2D eigenvalue weighted by Crippen LogP contribution is 2.31. The van der Waals surface area contributed by atoms with Crippen LogP contribution >= 0.6 is 23.6 Å². The van der Waals surface area contributed by atoms with E-state index in [1.807, 2.05) is 17.5 Å². The van der Waals surface area contributed by atoms with E-state index in [1.54, 1.807) is 25.1 Å². The Balaban J connectivity index is 1.92. The molecule has 1 aliphatic heterocycles. The van der Waals surface area contributed by atoms with Crippen molar-refractivity contribution in [1.82, 2.24) is 5.32 Å². The van der Waals surface area contributed by atoms with Gasteiger partial charge >= 0.3 is 0 Å². The Bertz CT molecular complexity index is 868. The standard InChI is InChI=1S/C16H12N2O3S2/c1-9-2-3-10(5-14(9)18(20)21)11-4-12(23-8-11)6-13-15(19)7-16(22)17-13/h2-6,8H,7H2,1H3,(H,17,22). The molecule has 1 aliphatic rings. The van der Waals surface area contributed by atoms with Crippen LogP contribution in [0.4, 0.5) is 5.69 Å². The molecule has 2 aromatic rings. The predicted octanol–water partition coefficient (Wildman–Crippen LogP) is 3.86. The molecule has 1 fully saturated rings. The molecular weight excluding hydrogens is 332 g/mol. The Labute approximate surface area is 141 Å². The highest BCUT2D eigenvalue weighted by molar-refractivity contribution is 7.80. The lowest BCUT2D eigenvalue weighted by atomic mass is 10.1. The van der Waals surface area contributed by atoms with Crippen LogP contribution in [0.15, 0.2) is 35.3 Å². The summed E-state index contributed by atoms with van der Waals surface area (Å²) in [5.74, 6) is -0.0177. The molecule has 116 valence electrons. The van der Waals surface area contributed by atoms with Crippen molar-refractivity contribution < 1.29 is 9.72 Å². The second kappa shape index (κ2) is 6.02. The molecule has 1 N–H and O–H groups in total. The first-order valence-corrected chi connectivity index (χ1v) is 8.11. The molecule has 1 aromatic carbocycles. The van der Waals surface area contributed by atoms with Gasteiger partial charge in [-0.3, -0.25) is 14.9 Å². The Morgan fingerprint density at radius 1 is 1.35 bits per heavy atom. The molecule has 23 heavy (non-hydrogen) atoms. The van der Waals surface area contributed by atoms with Gasteiger partial charge in [-0.1, -0.05) is 24.4 Å². The quantitative estimate of drug-likeness (QED) is 0.396. The number of aryl methyl sites for hydroxylation is 1. The van der Waals surface area contributed by atoms with Crippen molar-refractivity contribution in [3.05, 3.63) is 55.9 Å². The van der Waals surface area contributed by atoms with Crippen molar-refractivity contribution in [2.45, 2.75) is 13.3 Å². The van der Waals surface area contributed by atoms with Crippen LogP contribution in [0.25, 0.3) is 17.2 Å². The Hall–Kier alpha value is -2.38. The smallest absolute Gasteiger partial charge is 0.272 e. The van der Waals surface area contributed by atoms with Gasteiger partial charge in [0.25, 0.3) is 5.69 Å². The summed E-state index contributed by atoms with van der Waals surface area (Å²) in [6.07, 6.45) is 2.02. The fourth-order valence-electron chi connectivity index (χ4n) is 2.33. The van der Waals surface area contributed by atoms with Crippen molar-refractivity contribution in [3.8, 4) is 11.1 Å². The van der Waals surface area contributed by atoms with E-state index >= 15 is 0 Å². The molecule has 0 spiro atoms. The van der Waals surface area contributed by atoms with E-state index in [-0.39, 0.29) is 22.8 Å². The van der Waals surface area contributed by atoms with Crippen LogP contribution in [-0.4, -0.2) is 15.7 Å². The van der Waals surface area contributed by atoms with Crippen molar-refractivity contribution in [3.63, 3.8) is 0 Å². The van der Waals surface area contributed by atoms with Gasteiger partial charge < -0.3 is 5.32 Å². The highest BCUT2D eigenvalue weighted by atomic mass is 32.1. The lowest BCUT2D eigenvalue weighted by Gasteiger charge is -2.01. The average molecular weight is 344 g/mol.